The molecule has 0 spiro atoms. The van der Waals surface area contributed by atoms with Crippen LogP contribution < -0.4 is 10.6 Å². The summed E-state index contributed by atoms with van der Waals surface area (Å²) >= 11 is 5.84. The minimum atomic E-state index is -0.294. The van der Waals surface area contributed by atoms with E-state index in [2.05, 4.69) is 10.6 Å². The van der Waals surface area contributed by atoms with E-state index in [1.54, 1.807) is 60.7 Å². The molecule has 0 aliphatic carbocycles. The van der Waals surface area contributed by atoms with E-state index in [4.69, 9.17) is 16.9 Å². The van der Waals surface area contributed by atoms with Gasteiger partial charge in [-0.1, -0.05) is 23.7 Å². The van der Waals surface area contributed by atoms with Crippen LogP contribution in [-0.2, 0) is 6.54 Å². The summed E-state index contributed by atoms with van der Waals surface area (Å²) in [7, 11) is 0. The summed E-state index contributed by atoms with van der Waals surface area (Å²) in [5, 5.41) is 15.0. The summed E-state index contributed by atoms with van der Waals surface area (Å²) in [6.07, 6.45) is 0. The van der Waals surface area contributed by atoms with Gasteiger partial charge in [0.05, 0.1) is 11.6 Å². The molecule has 0 aliphatic rings. The second-order valence-corrected chi connectivity index (χ2v) is 6.47. The van der Waals surface area contributed by atoms with Crippen molar-refractivity contribution in [2.45, 2.75) is 6.54 Å². The Kier molecular flexibility index (Phi) is 6.05. The van der Waals surface area contributed by atoms with Gasteiger partial charge in [0.25, 0.3) is 11.8 Å². The number of nitriles is 1. The van der Waals surface area contributed by atoms with E-state index in [0.29, 0.717) is 33.9 Å². The zero-order chi connectivity index (χ0) is 19.9. The second kappa shape index (κ2) is 8.85. The Morgan fingerprint density at radius 1 is 0.821 bits per heavy atom. The fourth-order valence-corrected chi connectivity index (χ4v) is 2.62. The van der Waals surface area contributed by atoms with Crippen molar-refractivity contribution in [3.63, 3.8) is 0 Å². The van der Waals surface area contributed by atoms with Crippen molar-refractivity contribution in [2.24, 2.45) is 0 Å². The third-order valence-electron chi connectivity index (χ3n) is 4.05. The largest absolute Gasteiger partial charge is 0.348 e. The third kappa shape index (κ3) is 4.97. The lowest BCUT2D eigenvalue weighted by molar-refractivity contribution is 0.0949. The number of benzene rings is 3. The number of carbonyl (C=O) groups excluding carboxylic acids is 2. The normalized spacial score (nSPS) is 10.0. The lowest BCUT2D eigenvalue weighted by Crippen LogP contribution is -2.22. The molecule has 0 aromatic heterocycles. The number of anilines is 1. The highest BCUT2D eigenvalue weighted by molar-refractivity contribution is 6.30. The van der Waals surface area contributed by atoms with Gasteiger partial charge in [0.1, 0.15) is 0 Å². The Labute approximate surface area is 167 Å². The summed E-state index contributed by atoms with van der Waals surface area (Å²) in [6.45, 7) is 0.386. The van der Waals surface area contributed by atoms with Crippen LogP contribution in [0.15, 0.2) is 72.8 Å². The van der Waals surface area contributed by atoms with Gasteiger partial charge in [-0.3, -0.25) is 9.59 Å². The molecule has 0 saturated carbocycles. The van der Waals surface area contributed by atoms with Crippen molar-refractivity contribution >= 4 is 29.1 Å². The molecule has 0 heterocycles. The first-order valence-corrected chi connectivity index (χ1v) is 8.87. The molecule has 2 amide bonds. The summed E-state index contributed by atoms with van der Waals surface area (Å²) in [5.41, 5.74) is 2.94. The Balaban J connectivity index is 1.58. The fraction of sp³-hybridized carbons (Fsp3) is 0.0455. The van der Waals surface area contributed by atoms with Crippen molar-refractivity contribution < 1.29 is 9.59 Å². The molecule has 6 heteroatoms. The van der Waals surface area contributed by atoms with Gasteiger partial charge >= 0.3 is 0 Å². The quantitative estimate of drug-likeness (QED) is 0.678. The predicted octanol–water partition coefficient (Wildman–Crippen LogP) is 4.39. The number of carbonyl (C=O) groups is 2. The van der Waals surface area contributed by atoms with E-state index in [9.17, 15) is 9.59 Å². The lowest BCUT2D eigenvalue weighted by Gasteiger charge is -2.08. The first-order chi connectivity index (χ1) is 13.5. The van der Waals surface area contributed by atoms with Gasteiger partial charge in [0.15, 0.2) is 0 Å². The summed E-state index contributed by atoms with van der Waals surface area (Å²) in [5.74, 6) is -0.521. The number of amides is 2. The van der Waals surface area contributed by atoms with Crippen LogP contribution in [0, 0.1) is 11.3 Å². The number of nitrogens with zero attached hydrogens (tertiary/aromatic N) is 1. The van der Waals surface area contributed by atoms with Crippen molar-refractivity contribution in [1.29, 1.82) is 5.26 Å². The second-order valence-electron chi connectivity index (χ2n) is 6.03. The molecule has 0 unspecified atom stereocenters. The molecule has 3 rings (SSSR count). The molecule has 5 nitrogen and oxygen atoms in total. The molecule has 0 aliphatic heterocycles. The van der Waals surface area contributed by atoms with Crippen LogP contribution in [0.2, 0.25) is 5.02 Å². The summed E-state index contributed by atoms with van der Waals surface area (Å²) in [6, 6.07) is 22.2. The van der Waals surface area contributed by atoms with E-state index >= 15 is 0 Å². The zero-order valence-corrected chi connectivity index (χ0v) is 15.5. The van der Waals surface area contributed by atoms with Crippen LogP contribution in [-0.4, -0.2) is 11.8 Å². The number of hydrogen-bond donors (Lipinski definition) is 2. The highest BCUT2D eigenvalue weighted by Gasteiger charge is 2.09. The lowest BCUT2D eigenvalue weighted by atomic mass is 10.1. The third-order valence-corrected chi connectivity index (χ3v) is 4.30. The minimum absolute atomic E-state index is 0.228. The molecule has 0 radical (unpaired) electrons. The molecule has 3 aromatic carbocycles. The van der Waals surface area contributed by atoms with Gasteiger partial charge in [-0.05, 0) is 66.2 Å². The van der Waals surface area contributed by atoms with Crippen molar-refractivity contribution in [3.05, 3.63) is 100 Å². The Bertz CT molecular complexity index is 1020. The van der Waals surface area contributed by atoms with Crippen molar-refractivity contribution in [3.8, 4) is 6.07 Å². The highest BCUT2D eigenvalue weighted by Crippen LogP contribution is 2.13. The van der Waals surface area contributed by atoms with Crippen LogP contribution in [0.1, 0.15) is 31.8 Å². The fourth-order valence-electron chi connectivity index (χ4n) is 2.49. The van der Waals surface area contributed by atoms with Gasteiger partial charge in [-0.2, -0.15) is 5.26 Å². The molecular weight excluding hydrogens is 374 g/mol. The van der Waals surface area contributed by atoms with Gasteiger partial charge in [-0.25, -0.2) is 0 Å². The average molecular weight is 390 g/mol. The van der Waals surface area contributed by atoms with Crippen LogP contribution in [0.4, 0.5) is 5.69 Å². The van der Waals surface area contributed by atoms with Crippen LogP contribution in [0.3, 0.4) is 0 Å². The van der Waals surface area contributed by atoms with E-state index in [1.165, 1.54) is 0 Å². The number of rotatable bonds is 5. The first kappa shape index (κ1) is 19.2. The Morgan fingerprint density at radius 3 is 1.96 bits per heavy atom. The van der Waals surface area contributed by atoms with E-state index in [-0.39, 0.29) is 11.8 Å². The Morgan fingerprint density at radius 2 is 1.39 bits per heavy atom. The Hall–Kier alpha value is -3.62. The number of halogens is 1. The van der Waals surface area contributed by atoms with Gasteiger partial charge < -0.3 is 10.6 Å². The molecular formula is C22H16ClN3O2. The summed E-state index contributed by atoms with van der Waals surface area (Å²) < 4.78 is 0. The number of nitrogens with one attached hydrogen (secondary N) is 2. The molecule has 3 aromatic rings. The SMILES string of the molecule is N#Cc1ccc(NC(=O)c2ccc(C(=O)NCc3ccc(Cl)cc3)cc2)cc1. The molecule has 0 saturated heterocycles. The van der Waals surface area contributed by atoms with Crippen LogP contribution in [0.5, 0.6) is 0 Å². The molecule has 2 N–H and O–H groups in total. The van der Waals surface area contributed by atoms with Crippen molar-refractivity contribution in [1.82, 2.24) is 5.32 Å². The molecule has 0 bridgehead atoms. The first-order valence-electron chi connectivity index (χ1n) is 8.49. The van der Waals surface area contributed by atoms with Gasteiger partial charge in [0, 0.05) is 28.4 Å². The zero-order valence-electron chi connectivity index (χ0n) is 14.8. The minimum Gasteiger partial charge on any atom is -0.348 e. The molecule has 0 atom stereocenters. The predicted molar refractivity (Wildman–Crippen MR) is 108 cm³/mol. The molecule has 0 fully saturated rings. The van der Waals surface area contributed by atoms with Crippen molar-refractivity contribution in [2.75, 3.05) is 5.32 Å². The van der Waals surface area contributed by atoms with Gasteiger partial charge in [0.2, 0.25) is 0 Å². The highest BCUT2D eigenvalue weighted by atomic mass is 35.5. The van der Waals surface area contributed by atoms with Gasteiger partial charge in [-0.15, -0.1) is 0 Å². The monoisotopic (exact) mass is 389 g/mol. The maximum absolute atomic E-state index is 12.3. The topological polar surface area (TPSA) is 82.0 Å². The van der Waals surface area contributed by atoms with E-state index in [1.807, 2.05) is 18.2 Å². The number of hydrogen-bond acceptors (Lipinski definition) is 3. The van der Waals surface area contributed by atoms with E-state index in [0.717, 1.165) is 5.56 Å². The average Bonchev–Trinajstić information content (AvgIpc) is 2.73. The summed E-state index contributed by atoms with van der Waals surface area (Å²) in [4.78, 5) is 24.6. The molecule has 28 heavy (non-hydrogen) atoms. The standard InChI is InChI=1S/C22H16ClN3O2/c23-19-9-1-16(2-10-19)14-25-21(27)17-5-7-18(8-6-17)22(28)26-20-11-3-15(13-24)4-12-20/h1-12H,14H2,(H,25,27)(H,26,28). The van der Waals surface area contributed by atoms with E-state index < -0.39 is 0 Å². The molecule has 138 valence electrons. The smallest absolute Gasteiger partial charge is 0.255 e. The van der Waals surface area contributed by atoms with Crippen LogP contribution >= 0.6 is 11.6 Å². The maximum atomic E-state index is 12.3. The van der Waals surface area contributed by atoms with Crippen LogP contribution in [0.25, 0.3) is 0 Å². The maximum Gasteiger partial charge on any atom is 0.255 e.